The number of aromatic nitrogens is 1. The lowest BCUT2D eigenvalue weighted by Crippen LogP contribution is -2.50. The van der Waals surface area contributed by atoms with Gasteiger partial charge in [0.25, 0.3) is 0 Å². The van der Waals surface area contributed by atoms with Crippen LogP contribution in [0.5, 0.6) is 0 Å². The maximum atomic E-state index is 12.5. The molecule has 5 heteroatoms. The van der Waals surface area contributed by atoms with Crippen molar-refractivity contribution in [2.75, 3.05) is 18.9 Å². The third kappa shape index (κ3) is 4.57. The van der Waals surface area contributed by atoms with E-state index in [0.29, 0.717) is 6.04 Å². The molecule has 5 nitrogen and oxygen atoms in total. The first-order valence-electron chi connectivity index (χ1n) is 8.85. The van der Waals surface area contributed by atoms with Crippen LogP contribution in [0.4, 0.5) is 10.5 Å². The Hall–Kier alpha value is -2.40. The largest absolute Gasteiger partial charge is 0.325 e. The van der Waals surface area contributed by atoms with E-state index in [1.54, 1.807) is 24.5 Å². The number of urea groups is 1. The molecule has 1 N–H and O–H groups in total. The molecular weight excluding hydrogens is 312 g/mol. The van der Waals surface area contributed by atoms with Crippen LogP contribution in [-0.4, -0.2) is 46.5 Å². The third-order valence-corrected chi connectivity index (χ3v) is 5.01. The van der Waals surface area contributed by atoms with Gasteiger partial charge in [-0.05, 0) is 37.5 Å². The second-order valence-corrected chi connectivity index (χ2v) is 6.76. The zero-order valence-electron chi connectivity index (χ0n) is 14.9. The minimum absolute atomic E-state index is 0.0556. The molecule has 1 aliphatic heterocycles. The van der Waals surface area contributed by atoms with Crippen molar-refractivity contribution in [1.29, 1.82) is 0 Å². The van der Waals surface area contributed by atoms with E-state index in [1.807, 2.05) is 11.9 Å². The van der Waals surface area contributed by atoms with Crippen molar-refractivity contribution in [1.82, 2.24) is 14.8 Å². The van der Waals surface area contributed by atoms with Gasteiger partial charge in [-0.15, -0.1) is 0 Å². The molecule has 0 saturated carbocycles. The van der Waals surface area contributed by atoms with Crippen LogP contribution in [0.2, 0.25) is 0 Å². The Morgan fingerprint density at radius 2 is 1.96 bits per heavy atom. The highest BCUT2D eigenvalue weighted by molar-refractivity contribution is 5.89. The summed E-state index contributed by atoms with van der Waals surface area (Å²) in [5, 5.41) is 2.94. The molecule has 1 aromatic carbocycles. The molecule has 1 fully saturated rings. The van der Waals surface area contributed by atoms with Gasteiger partial charge < -0.3 is 10.2 Å². The monoisotopic (exact) mass is 338 g/mol. The lowest BCUT2D eigenvalue weighted by Gasteiger charge is -2.41. The molecule has 2 aromatic rings. The van der Waals surface area contributed by atoms with E-state index in [4.69, 9.17) is 0 Å². The number of pyridine rings is 1. The van der Waals surface area contributed by atoms with Gasteiger partial charge in [0.15, 0.2) is 0 Å². The smallest absolute Gasteiger partial charge is 0.321 e. The number of piperidine rings is 1. The molecule has 0 bridgehead atoms. The van der Waals surface area contributed by atoms with Gasteiger partial charge >= 0.3 is 6.03 Å². The minimum Gasteiger partial charge on any atom is -0.325 e. The molecule has 25 heavy (non-hydrogen) atoms. The average Bonchev–Trinajstić information content (AvgIpc) is 2.64. The molecule has 0 aliphatic carbocycles. The maximum Gasteiger partial charge on any atom is 0.321 e. The fourth-order valence-electron chi connectivity index (χ4n) is 3.41. The first kappa shape index (κ1) is 17.4. The maximum absolute atomic E-state index is 12.5. The van der Waals surface area contributed by atoms with Gasteiger partial charge in [-0.1, -0.05) is 30.3 Å². The first-order valence-corrected chi connectivity index (χ1v) is 8.85. The summed E-state index contributed by atoms with van der Waals surface area (Å²) in [5.41, 5.74) is 2.12. The van der Waals surface area contributed by atoms with E-state index in [9.17, 15) is 4.79 Å². The number of likely N-dealkylation sites (tertiary alicyclic amines) is 1. The van der Waals surface area contributed by atoms with Gasteiger partial charge in [0, 0.05) is 50.3 Å². The minimum atomic E-state index is -0.0556. The molecule has 1 aliphatic rings. The van der Waals surface area contributed by atoms with E-state index < -0.39 is 0 Å². The van der Waals surface area contributed by atoms with Crippen LogP contribution >= 0.6 is 0 Å². The summed E-state index contributed by atoms with van der Waals surface area (Å²) in [6.07, 6.45) is 5.35. The fraction of sp³-hybridized carbons (Fsp3) is 0.400. The molecule has 0 radical (unpaired) electrons. The number of carbonyl (C=O) groups excluding carboxylic acids is 1. The number of nitrogens with one attached hydrogen (secondary N) is 1. The summed E-state index contributed by atoms with van der Waals surface area (Å²) in [7, 11) is 1.89. The van der Waals surface area contributed by atoms with Crippen LogP contribution in [0.25, 0.3) is 0 Å². The molecule has 0 unspecified atom stereocenters. The highest BCUT2D eigenvalue weighted by Crippen LogP contribution is 2.23. The van der Waals surface area contributed by atoms with Crippen molar-refractivity contribution in [3.8, 4) is 0 Å². The highest BCUT2D eigenvalue weighted by atomic mass is 16.2. The lowest BCUT2D eigenvalue weighted by molar-refractivity contribution is 0.0942. The van der Waals surface area contributed by atoms with Crippen molar-refractivity contribution in [2.24, 2.45) is 0 Å². The summed E-state index contributed by atoms with van der Waals surface area (Å²) in [4.78, 5) is 20.8. The predicted octanol–water partition coefficient (Wildman–Crippen LogP) is 3.60. The number of hydrogen-bond donors (Lipinski definition) is 1. The Balaban J connectivity index is 1.54. The van der Waals surface area contributed by atoms with Crippen molar-refractivity contribution in [2.45, 2.75) is 38.4 Å². The molecule has 132 valence electrons. The first-order chi connectivity index (χ1) is 12.1. The summed E-state index contributed by atoms with van der Waals surface area (Å²) >= 11 is 0. The normalized spacial score (nSPS) is 20.9. The molecule has 0 spiro atoms. The number of benzene rings is 1. The highest BCUT2D eigenvalue weighted by Gasteiger charge is 2.29. The number of carbonyl (C=O) groups is 1. The molecule has 1 saturated heterocycles. The Bertz CT molecular complexity index is 677. The van der Waals surface area contributed by atoms with Crippen molar-refractivity contribution >= 4 is 11.7 Å². The fourth-order valence-corrected chi connectivity index (χ4v) is 3.41. The van der Waals surface area contributed by atoms with Gasteiger partial charge in [0.05, 0.1) is 0 Å². The molecule has 2 atom stereocenters. The number of nitrogens with zero attached hydrogens (tertiary/aromatic N) is 3. The van der Waals surface area contributed by atoms with Gasteiger partial charge in [0.1, 0.15) is 0 Å². The van der Waals surface area contributed by atoms with Crippen molar-refractivity contribution in [3.63, 3.8) is 0 Å². The predicted molar refractivity (Wildman–Crippen MR) is 100 cm³/mol. The molecule has 1 aromatic heterocycles. The van der Waals surface area contributed by atoms with Crippen LogP contribution in [0.3, 0.4) is 0 Å². The zero-order valence-corrected chi connectivity index (χ0v) is 14.9. The Kier molecular flexibility index (Phi) is 5.66. The topological polar surface area (TPSA) is 48.5 Å². The molecule has 2 amide bonds. The van der Waals surface area contributed by atoms with Crippen LogP contribution in [0.15, 0.2) is 54.9 Å². The number of anilines is 1. The van der Waals surface area contributed by atoms with Crippen molar-refractivity contribution < 1.29 is 4.79 Å². The summed E-state index contributed by atoms with van der Waals surface area (Å²) in [6.45, 7) is 4.24. The second kappa shape index (κ2) is 8.12. The van der Waals surface area contributed by atoms with Gasteiger partial charge in [-0.3, -0.25) is 9.88 Å². The van der Waals surface area contributed by atoms with Gasteiger partial charge in [-0.2, -0.15) is 0 Å². The molecule has 2 heterocycles. The number of rotatable bonds is 4. The summed E-state index contributed by atoms with van der Waals surface area (Å²) in [5.74, 6) is 0. The van der Waals surface area contributed by atoms with Crippen LogP contribution < -0.4 is 5.32 Å². The van der Waals surface area contributed by atoms with Gasteiger partial charge in [-0.25, -0.2) is 4.79 Å². The number of amides is 2. The Labute approximate surface area is 149 Å². The molecular formula is C20H26N4O. The number of hydrogen-bond acceptors (Lipinski definition) is 3. The molecule has 3 rings (SSSR count). The Morgan fingerprint density at radius 3 is 2.64 bits per heavy atom. The van der Waals surface area contributed by atoms with Crippen LogP contribution in [0.1, 0.15) is 25.3 Å². The van der Waals surface area contributed by atoms with Gasteiger partial charge in [0.2, 0.25) is 0 Å². The van der Waals surface area contributed by atoms with Crippen LogP contribution in [0, 0.1) is 0 Å². The summed E-state index contributed by atoms with van der Waals surface area (Å²) in [6, 6.07) is 14.8. The van der Waals surface area contributed by atoms with E-state index in [-0.39, 0.29) is 12.1 Å². The van der Waals surface area contributed by atoms with Crippen molar-refractivity contribution in [3.05, 3.63) is 60.4 Å². The van der Waals surface area contributed by atoms with Crippen LogP contribution in [-0.2, 0) is 6.54 Å². The van der Waals surface area contributed by atoms with E-state index in [2.05, 4.69) is 52.5 Å². The average molecular weight is 338 g/mol. The standard InChI is InChI=1S/C20H26N4O/c1-16-14-19(10-13-24(16)15-17-6-4-3-5-7-17)23(2)20(25)22-18-8-11-21-12-9-18/h3-9,11-12,16,19H,10,13-15H2,1-2H3,(H,21,22,25)/t16-,19+/m1/s1. The third-order valence-electron chi connectivity index (χ3n) is 5.01. The van der Waals surface area contributed by atoms with E-state index in [1.165, 1.54) is 5.56 Å². The Morgan fingerprint density at radius 1 is 1.24 bits per heavy atom. The van der Waals surface area contributed by atoms with E-state index >= 15 is 0 Å². The second-order valence-electron chi connectivity index (χ2n) is 6.76. The van der Waals surface area contributed by atoms with E-state index in [0.717, 1.165) is 31.6 Å². The SMILES string of the molecule is C[C@@H]1C[C@@H](N(C)C(=O)Nc2ccncc2)CCN1Cc1ccccc1. The quantitative estimate of drug-likeness (QED) is 0.927. The lowest BCUT2D eigenvalue weighted by atomic mass is 9.96. The summed E-state index contributed by atoms with van der Waals surface area (Å²) < 4.78 is 0. The zero-order chi connectivity index (χ0) is 17.6.